The van der Waals surface area contributed by atoms with Crippen molar-refractivity contribution in [3.05, 3.63) is 47.7 Å². The molecule has 0 radical (unpaired) electrons. The van der Waals surface area contributed by atoms with Crippen LogP contribution in [0.25, 0.3) is 0 Å². The lowest BCUT2D eigenvalue weighted by atomic mass is 9.92. The van der Waals surface area contributed by atoms with Crippen LogP contribution in [0.5, 0.6) is 0 Å². The molecular formula is C21H32N4O. The third-order valence-corrected chi connectivity index (χ3v) is 4.50. The molecule has 0 spiro atoms. The van der Waals surface area contributed by atoms with E-state index >= 15 is 0 Å². The molecule has 3 N–H and O–H groups in total. The second-order valence-corrected chi connectivity index (χ2v) is 8.96. The molecule has 5 nitrogen and oxygen atoms in total. The first-order chi connectivity index (χ1) is 11.9. The molecule has 2 aromatic rings. The zero-order chi connectivity index (χ0) is 19.7. The van der Waals surface area contributed by atoms with E-state index in [4.69, 9.17) is 10.8 Å². The van der Waals surface area contributed by atoms with Crippen LogP contribution in [-0.2, 0) is 15.7 Å². The summed E-state index contributed by atoms with van der Waals surface area (Å²) in [6, 6.07) is 11.3. The number of benzene rings is 1. The predicted octanol–water partition coefficient (Wildman–Crippen LogP) is 4.21. The predicted molar refractivity (Wildman–Crippen MR) is 107 cm³/mol. The second kappa shape index (κ2) is 7.23. The van der Waals surface area contributed by atoms with E-state index in [2.05, 4.69) is 46.9 Å². The number of nitrogens with two attached hydrogens (primary N) is 1. The minimum absolute atomic E-state index is 0.0952. The van der Waals surface area contributed by atoms with Crippen molar-refractivity contribution in [3.63, 3.8) is 0 Å². The Bertz CT molecular complexity index is 751. The van der Waals surface area contributed by atoms with Gasteiger partial charge in [0.1, 0.15) is 5.82 Å². The van der Waals surface area contributed by atoms with Gasteiger partial charge in [0.2, 0.25) is 5.91 Å². The van der Waals surface area contributed by atoms with Crippen LogP contribution >= 0.6 is 0 Å². The lowest BCUT2D eigenvalue weighted by Gasteiger charge is -2.24. The average molecular weight is 357 g/mol. The van der Waals surface area contributed by atoms with Gasteiger partial charge in [-0.2, -0.15) is 5.10 Å². The van der Waals surface area contributed by atoms with Crippen molar-refractivity contribution in [2.75, 3.05) is 5.32 Å². The van der Waals surface area contributed by atoms with Gasteiger partial charge < -0.3 is 11.1 Å². The van der Waals surface area contributed by atoms with E-state index in [9.17, 15) is 4.79 Å². The summed E-state index contributed by atoms with van der Waals surface area (Å²) in [6.45, 7) is 14.4. The molecular weight excluding hydrogens is 324 g/mol. The Kier molecular flexibility index (Phi) is 5.61. The maximum atomic E-state index is 12.8. The third kappa shape index (κ3) is 4.52. The normalized spacial score (nSPS) is 14.8. The summed E-state index contributed by atoms with van der Waals surface area (Å²) >= 11 is 0. The Morgan fingerprint density at radius 1 is 1.12 bits per heavy atom. The van der Waals surface area contributed by atoms with E-state index in [1.54, 1.807) is 0 Å². The summed E-state index contributed by atoms with van der Waals surface area (Å²) < 4.78 is 1.88. The van der Waals surface area contributed by atoms with Crippen molar-refractivity contribution in [2.45, 2.75) is 65.5 Å². The van der Waals surface area contributed by atoms with Gasteiger partial charge in [0, 0.05) is 17.5 Å². The number of aromatic nitrogens is 2. The zero-order valence-electron chi connectivity index (χ0n) is 17.0. The summed E-state index contributed by atoms with van der Waals surface area (Å²) in [5, 5.41) is 7.78. The SMILES string of the molecule is CC(C(=O)Nc1cc(C(C)(C)C)nn1C(C)(C)C)C(N)c1ccccc1. The van der Waals surface area contributed by atoms with Crippen LogP contribution in [0.3, 0.4) is 0 Å². The highest BCUT2D eigenvalue weighted by Crippen LogP contribution is 2.29. The Hall–Kier alpha value is -2.14. The molecule has 1 aromatic heterocycles. The van der Waals surface area contributed by atoms with Crippen molar-refractivity contribution in [3.8, 4) is 0 Å². The first kappa shape index (κ1) is 20.2. The van der Waals surface area contributed by atoms with Gasteiger partial charge in [0.15, 0.2) is 0 Å². The fourth-order valence-electron chi connectivity index (χ4n) is 2.72. The van der Waals surface area contributed by atoms with Crippen molar-refractivity contribution < 1.29 is 4.79 Å². The minimum Gasteiger partial charge on any atom is -0.323 e. The van der Waals surface area contributed by atoms with E-state index in [-0.39, 0.29) is 28.8 Å². The van der Waals surface area contributed by atoms with E-state index in [0.29, 0.717) is 5.82 Å². The topological polar surface area (TPSA) is 72.9 Å². The van der Waals surface area contributed by atoms with Gasteiger partial charge in [0.05, 0.1) is 17.2 Å². The maximum absolute atomic E-state index is 12.8. The standard InChI is InChI=1S/C21H32N4O/c1-14(18(22)15-11-9-8-10-12-15)19(26)23-17-13-16(20(2,3)4)24-25(17)21(5,6)7/h8-14,18H,22H2,1-7H3,(H,23,26). The van der Waals surface area contributed by atoms with Crippen LogP contribution in [0.2, 0.25) is 0 Å². The summed E-state index contributed by atoms with van der Waals surface area (Å²) in [4.78, 5) is 12.8. The van der Waals surface area contributed by atoms with Crippen LogP contribution in [0.4, 0.5) is 5.82 Å². The van der Waals surface area contributed by atoms with Crippen LogP contribution in [0.15, 0.2) is 36.4 Å². The number of nitrogens with zero attached hydrogens (tertiary/aromatic N) is 2. The maximum Gasteiger partial charge on any atom is 0.230 e. The Labute approximate surface area is 157 Å². The fourth-order valence-corrected chi connectivity index (χ4v) is 2.72. The molecule has 1 amide bonds. The number of anilines is 1. The molecule has 0 saturated heterocycles. The summed E-state index contributed by atoms with van der Waals surface area (Å²) in [5.41, 5.74) is 7.87. The molecule has 1 heterocycles. The van der Waals surface area contributed by atoms with Crippen molar-refractivity contribution in [1.82, 2.24) is 9.78 Å². The minimum atomic E-state index is -0.362. The fraction of sp³-hybridized carbons (Fsp3) is 0.524. The number of carbonyl (C=O) groups is 1. The van der Waals surface area contributed by atoms with E-state index in [1.165, 1.54) is 0 Å². The molecule has 2 unspecified atom stereocenters. The van der Waals surface area contributed by atoms with Gasteiger partial charge in [-0.15, -0.1) is 0 Å². The lowest BCUT2D eigenvalue weighted by molar-refractivity contribution is -0.120. The third-order valence-electron chi connectivity index (χ3n) is 4.50. The van der Waals surface area contributed by atoms with Crippen LogP contribution in [0, 0.1) is 5.92 Å². The van der Waals surface area contributed by atoms with Crippen molar-refractivity contribution >= 4 is 11.7 Å². The Balaban J connectivity index is 2.26. The number of hydrogen-bond acceptors (Lipinski definition) is 3. The molecule has 0 bridgehead atoms. The summed E-state index contributed by atoms with van der Waals surface area (Å²) in [5.74, 6) is 0.241. The summed E-state index contributed by atoms with van der Waals surface area (Å²) in [7, 11) is 0. The first-order valence-corrected chi connectivity index (χ1v) is 9.13. The molecule has 5 heteroatoms. The van der Waals surface area contributed by atoms with Gasteiger partial charge in [-0.05, 0) is 26.3 Å². The number of rotatable bonds is 4. The molecule has 142 valence electrons. The molecule has 0 aliphatic rings. The highest BCUT2D eigenvalue weighted by molar-refractivity contribution is 5.92. The second-order valence-electron chi connectivity index (χ2n) is 8.96. The largest absolute Gasteiger partial charge is 0.323 e. The number of amides is 1. The molecule has 0 aliphatic heterocycles. The first-order valence-electron chi connectivity index (χ1n) is 9.13. The molecule has 0 saturated carbocycles. The molecule has 0 fully saturated rings. The number of carbonyl (C=O) groups excluding carboxylic acids is 1. The van der Waals surface area contributed by atoms with Gasteiger partial charge >= 0.3 is 0 Å². The molecule has 26 heavy (non-hydrogen) atoms. The number of nitrogens with one attached hydrogen (secondary N) is 1. The highest BCUT2D eigenvalue weighted by atomic mass is 16.2. The van der Waals surface area contributed by atoms with Crippen LogP contribution in [-0.4, -0.2) is 15.7 Å². The quantitative estimate of drug-likeness (QED) is 0.862. The monoisotopic (exact) mass is 356 g/mol. The van der Waals surface area contributed by atoms with Crippen molar-refractivity contribution in [2.24, 2.45) is 11.7 Å². The highest BCUT2D eigenvalue weighted by Gasteiger charge is 2.28. The van der Waals surface area contributed by atoms with E-state index in [1.807, 2.05) is 48.0 Å². The average Bonchev–Trinajstić information content (AvgIpc) is 2.98. The zero-order valence-corrected chi connectivity index (χ0v) is 17.0. The van der Waals surface area contributed by atoms with Gasteiger partial charge in [-0.25, -0.2) is 4.68 Å². The lowest BCUT2D eigenvalue weighted by Crippen LogP contribution is -2.33. The van der Waals surface area contributed by atoms with Gasteiger partial charge in [-0.3, -0.25) is 4.79 Å². The number of hydrogen-bond donors (Lipinski definition) is 2. The smallest absolute Gasteiger partial charge is 0.230 e. The molecule has 2 atom stereocenters. The van der Waals surface area contributed by atoms with Crippen molar-refractivity contribution in [1.29, 1.82) is 0 Å². The van der Waals surface area contributed by atoms with E-state index < -0.39 is 0 Å². The summed E-state index contributed by atoms with van der Waals surface area (Å²) in [6.07, 6.45) is 0. The van der Waals surface area contributed by atoms with Crippen LogP contribution < -0.4 is 11.1 Å². The van der Waals surface area contributed by atoms with Gasteiger partial charge in [0.25, 0.3) is 0 Å². The Morgan fingerprint density at radius 2 is 1.69 bits per heavy atom. The Morgan fingerprint density at radius 3 is 2.19 bits per heavy atom. The molecule has 2 rings (SSSR count). The van der Waals surface area contributed by atoms with Gasteiger partial charge in [-0.1, -0.05) is 58.0 Å². The molecule has 0 aliphatic carbocycles. The van der Waals surface area contributed by atoms with E-state index in [0.717, 1.165) is 11.3 Å². The van der Waals surface area contributed by atoms with Crippen LogP contribution in [0.1, 0.15) is 65.8 Å². The molecule has 1 aromatic carbocycles.